The Kier molecular flexibility index (Phi) is 7.09. The maximum absolute atomic E-state index is 12.5. The van der Waals surface area contributed by atoms with Gasteiger partial charge in [-0.05, 0) is 49.7 Å². The van der Waals surface area contributed by atoms with E-state index in [1.165, 1.54) is 11.8 Å². The maximum atomic E-state index is 12.5. The van der Waals surface area contributed by atoms with Crippen LogP contribution in [0, 0.1) is 6.92 Å². The van der Waals surface area contributed by atoms with E-state index in [9.17, 15) is 9.59 Å². The number of aryl methyl sites for hydroxylation is 1. The first kappa shape index (κ1) is 20.7. The summed E-state index contributed by atoms with van der Waals surface area (Å²) in [5, 5.41) is 5.59. The molecule has 2 amide bonds. The molecule has 0 aromatic heterocycles. The van der Waals surface area contributed by atoms with Crippen LogP contribution in [0.4, 0.5) is 11.4 Å². The third-order valence-electron chi connectivity index (χ3n) is 4.33. The van der Waals surface area contributed by atoms with Gasteiger partial charge in [0.2, 0.25) is 11.8 Å². The van der Waals surface area contributed by atoms with Crippen molar-refractivity contribution in [1.82, 2.24) is 0 Å². The number of hydrogen-bond acceptors (Lipinski definition) is 3. The van der Waals surface area contributed by atoms with Crippen LogP contribution in [0.15, 0.2) is 83.8 Å². The van der Waals surface area contributed by atoms with Crippen LogP contribution < -0.4 is 10.6 Å². The number of nitrogens with one attached hydrogen (secondary N) is 2. The van der Waals surface area contributed by atoms with Gasteiger partial charge >= 0.3 is 0 Å². The smallest absolute Gasteiger partial charge is 0.237 e. The van der Waals surface area contributed by atoms with E-state index in [0.717, 1.165) is 27.4 Å². The number of benzene rings is 3. The predicted octanol–water partition coefficient (Wildman–Crippen LogP) is 5.30. The molecule has 1 atom stereocenters. The van der Waals surface area contributed by atoms with Gasteiger partial charge in [-0.1, -0.05) is 54.1 Å². The molecule has 3 aromatic carbocycles. The molecule has 0 aliphatic carbocycles. The summed E-state index contributed by atoms with van der Waals surface area (Å²) in [6.45, 7) is 3.88. The lowest BCUT2D eigenvalue weighted by Gasteiger charge is -2.13. The second-order valence-corrected chi connectivity index (χ2v) is 8.27. The first-order chi connectivity index (χ1) is 14.0. The van der Waals surface area contributed by atoms with Gasteiger partial charge < -0.3 is 10.6 Å². The van der Waals surface area contributed by atoms with Crippen molar-refractivity contribution in [2.45, 2.75) is 30.4 Å². The van der Waals surface area contributed by atoms with Gasteiger partial charge in [-0.3, -0.25) is 9.59 Å². The molecule has 0 spiro atoms. The molecule has 29 heavy (non-hydrogen) atoms. The molecule has 0 heterocycles. The van der Waals surface area contributed by atoms with Gasteiger partial charge in [0.05, 0.1) is 11.7 Å². The molecule has 0 fully saturated rings. The van der Waals surface area contributed by atoms with Crippen molar-refractivity contribution in [3.63, 3.8) is 0 Å². The van der Waals surface area contributed by atoms with Crippen LogP contribution >= 0.6 is 11.8 Å². The molecule has 1 unspecified atom stereocenters. The Hall–Kier alpha value is -3.05. The van der Waals surface area contributed by atoms with Crippen molar-refractivity contribution in [2.24, 2.45) is 0 Å². The van der Waals surface area contributed by atoms with E-state index in [2.05, 4.69) is 10.6 Å². The molecule has 3 rings (SSSR count). The monoisotopic (exact) mass is 404 g/mol. The van der Waals surface area contributed by atoms with Gasteiger partial charge in [0, 0.05) is 16.3 Å². The summed E-state index contributed by atoms with van der Waals surface area (Å²) >= 11 is 1.46. The highest BCUT2D eigenvalue weighted by Crippen LogP contribution is 2.26. The fourth-order valence-corrected chi connectivity index (χ4v) is 3.70. The number of carbonyl (C=O) groups is 2. The van der Waals surface area contributed by atoms with Gasteiger partial charge in [0.25, 0.3) is 0 Å². The zero-order valence-corrected chi connectivity index (χ0v) is 17.3. The minimum atomic E-state index is -0.272. The molecule has 5 heteroatoms. The molecule has 0 radical (unpaired) electrons. The van der Waals surface area contributed by atoms with E-state index in [0.29, 0.717) is 6.42 Å². The van der Waals surface area contributed by atoms with Crippen molar-refractivity contribution in [1.29, 1.82) is 0 Å². The summed E-state index contributed by atoms with van der Waals surface area (Å²) in [7, 11) is 0. The summed E-state index contributed by atoms with van der Waals surface area (Å²) in [6, 6.07) is 24.9. The molecule has 0 aliphatic heterocycles. The standard InChI is InChI=1S/C24H24N2O2S/c1-17-11-13-20(14-12-17)26-24(28)18(2)29-22-10-6-9-21(16-22)25-23(27)15-19-7-4-3-5-8-19/h3-14,16,18H,15H2,1-2H3,(H,25,27)(H,26,28). The molecule has 0 saturated carbocycles. The predicted molar refractivity (Wildman–Crippen MR) is 120 cm³/mol. The minimum Gasteiger partial charge on any atom is -0.326 e. The maximum Gasteiger partial charge on any atom is 0.237 e. The lowest BCUT2D eigenvalue weighted by atomic mass is 10.1. The average molecular weight is 405 g/mol. The zero-order valence-electron chi connectivity index (χ0n) is 16.5. The summed E-state index contributed by atoms with van der Waals surface area (Å²) in [6.07, 6.45) is 0.327. The van der Waals surface area contributed by atoms with Crippen LogP contribution in [0.5, 0.6) is 0 Å². The SMILES string of the molecule is Cc1ccc(NC(=O)C(C)Sc2cccc(NC(=O)Cc3ccccc3)c2)cc1. The van der Waals surface area contributed by atoms with Gasteiger partial charge in [-0.15, -0.1) is 11.8 Å². The summed E-state index contributed by atoms with van der Waals surface area (Å²) < 4.78 is 0. The van der Waals surface area contributed by atoms with Crippen molar-refractivity contribution in [2.75, 3.05) is 10.6 Å². The van der Waals surface area contributed by atoms with Gasteiger partial charge in [0.1, 0.15) is 0 Å². The summed E-state index contributed by atoms with van der Waals surface area (Å²) in [4.78, 5) is 25.7. The second kappa shape index (κ2) is 9.94. The van der Waals surface area contributed by atoms with Gasteiger partial charge in [-0.25, -0.2) is 0 Å². The molecule has 4 nitrogen and oxygen atoms in total. The molecule has 0 bridgehead atoms. The fourth-order valence-electron chi connectivity index (χ4n) is 2.77. The van der Waals surface area contributed by atoms with Crippen molar-refractivity contribution < 1.29 is 9.59 Å². The Balaban J connectivity index is 1.56. The molecule has 3 aromatic rings. The van der Waals surface area contributed by atoms with E-state index in [4.69, 9.17) is 0 Å². The number of thioether (sulfide) groups is 1. The van der Waals surface area contributed by atoms with E-state index in [1.807, 2.05) is 92.7 Å². The van der Waals surface area contributed by atoms with Crippen LogP contribution in [0.2, 0.25) is 0 Å². The third-order valence-corrected chi connectivity index (χ3v) is 5.42. The van der Waals surface area contributed by atoms with Crippen molar-refractivity contribution in [3.05, 3.63) is 90.0 Å². The summed E-state index contributed by atoms with van der Waals surface area (Å²) in [5.74, 6) is -0.124. The van der Waals surface area contributed by atoms with Crippen molar-refractivity contribution >= 4 is 35.0 Å². The second-order valence-electron chi connectivity index (χ2n) is 6.85. The Bertz CT molecular complexity index is 972. The van der Waals surface area contributed by atoms with Gasteiger partial charge in [-0.2, -0.15) is 0 Å². The van der Waals surface area contributed by atoms with Crippen LogP contribution in [-0.4, -0.2) is 17.1 Å². The number of rotatable bonds is 7. The third kappa shape index (κ3) is 6.50. The molecule has 0 aliphatic rings. The Morgan fingerprint density at radius 3 is 2.31 bits per heavy atom. The summed E-state index contributed by atoms with van der Waals surface area (Å²) in [5.41, 5.74) is 3.63. The van der Waals surface area contributed by atoms with Gasteiger partial charge in [0.15, 0.2) is 0 Å². The van der Waals surface area contributed by atoms with Crippen molar-refractivity contribution in [3.8, 4) is 0 Å². The Labute approximate surface area is 175 Å². The molecular formula is C24H24N2O2S. The first-order valence-electron chi connectivity index (χ1n) is 9.47. The highest BCUT2D eigenvalue weighted by molar-refractivity contribution is 8.00. The molecule has 2 N–H and O–H groups in total. The fraction of sp³-hybridized carbons (Fsp3) is 0.167. The van der Waals surface area contributed by atoms with Crippen LogP contribution in [-0.2, 0) is 16.0 Å². The van der Waals surface area contributed by atoms with E-state index in [-0.39, 0.29) is 17.1 Å². The van der Waals surface area contributed by atoms with Crippen LogP contribution in [0.25, 0.3) is 0 Å². The van der Waals surface area contributed by atoms with Crippen LogP contribution in [0.3, 0.4) is 0 Å². The molecular weight excluding hydrogens is 380 g/mol. The van der Waals surface area contributed by atoms with E-state index < -0.39 is 0 Å². The highest BCUT2D eigenvalue weighted by Gasteiger charge is 2.15. The van der Waals surface area contributed by atoms with E-state index >= 15 is 0 Å². The highest BCUT2D eigenvalue weighted by atomic mass is 32.2. The lowest BCUT2D eigenvalue weighted by Crippen LogP contribution is -2.22. The zero-order chi connectivity index (χ0) is 20.6. The quantitative estimate of drug-likeness (QED) is 0.526. The average Bonchev–Trinajstić information content (AvgIpc) is 2.70. The number of amides is 2. The van der Waals surface area contributed by atoms with Crippen LogP contribution in [0.1, 0.15) is 18.1 Å². The number of anilines is 2. The molecule has 148 valence electrons. The first-order valence-corrected chi connectivity index (χ1v) is 10.4. The largest absolute Gasteiger partial charge is 0.326 e. The topological polar surface area (TPSA) is 58.2 Å². The number of carbonyl (C=O) groups excluding carboxylic acids is 2. The lowest BCUT2D eigenvalue weighted by molar-refractivity contribution is -0.116. The Morgan fingerprint density at radius 1 is 0.862 bits per heavy atom. The molecule has 0 saturated heterocycles. The van der Waals surface area contributed by atoms with E-state index in [1.54, 1.807) is 0 Å². The minimum absolute atomic E-state index is 0.0580. The number of hydrogen-bond donors (Lipinski definition) is 2. The normalized spacial score (nSPS) is 11.5. The Morgan fingerprint density at radius 2 is 1.59 bits per heavy atom.